The highest BCUT2D eigenvalue weighted by atomic mass is 35.5. The number of benzene rings is 1. The molecule has 0 unspecified atom stereocenters. The van der Waals surface area contributed by atoms with Gasteiger partial charge in [0.15, 0.2) is 0 Å². The zero-order valence-electron chi connectivity index (χ0n) is 11.4. The Hall–Kier alpha value is -1.28. The Labute approximate surface area is 113 Å². The number of halogens is 1. The summed E-state index contributed by atoms with van der Waals surface area (Å²) in [6.07, 6.45) is 0.937. The quantitative estimate of drug-likeness (QED) is 0.881. The van der Waals surface area contributed by atoms with E-state index in [1.807, 2.05) is 12.1 Å². The molecule has 0 saturated carbocycles. The largest absolute Gasteiger partial charge is 0.384 e. The van der Waals surface area contributed by atoms with Crippen molar-refractivity contribution in [1.29, 1.82) is 0 Å². The lowest BCUT2D eigenvalue weighted by atomic mass is 10.0. The van der Waals surface area contributed by atoms with Crippen LogP contribution < -0.4 is 5.32 Å². The number of rotatable bonds is 3. The third-order valence-electron chi connectivity index (χ3n) is 3.32. The number of pyridine rings is 1. The normalized spacial score (nSPS) is 10.9. The smallest absolute Gasteiger partial charge is 0.0770 e. The highest BCUT2D eigenvalue weighted by Crippen LogP contribution is 2.35. The maximum Gasteiger partial charge on any atom is 0.0770 e. The Morgan fingerprint density at radius 1 is 1.22 bits per heavy atom. The van der Waals surface area contributed by atoms with Gasteiger partial charge in [0.2, 0.25) is 0 Å². The maximum atomic E-state index is 6.36. The maximum absolute atomic E-state index is 6.36. The van der Waals surface area contributed by atoms with Crippen LogP contribution in [0.15, 0.2) is 12.1 Å². The van der Waals surface area contributed by atoms with Crippen LogP contribution in [0.25, 0.3) is 10.9 Å². The summed E-state index contributed by atoms with van der Waals surface area (Å²) in [4.78, 5) is 4.77. The van der Waals surface area contributed by atoms with Crippen LogP contribution in [0, 0.1) is 13.8 Å². The second kappa shape index (κ2) is 5.15. The second-order valence-corrected chi connectivity index (χ2v) is 4.94. The van der Waals surface area contributed by atoms with Crippen molar-refractivity contribution in [2.45, 2.75) is 34.1 Å². The fraction of sp³-hybridized carbons (Fsp3) is 0.400. The summed E-state index contributed by atoms with van der Waals surface area (Å²) in [6, 6.07) is 3.98. The fourth-order valence-electron chi connectivity index (χ4n) is 2.35. The Morgan fingerprint density at radius 3 is 2.56 bits per heavy atom. The zero-order chi connectivity index (χ0) is 13.3. The van der Waals surface area contributed by atoms with Crippen LogP contribution in [0.1, 0.15) is 30.7 Å². The number of hydrogen-bond acceptors (Lipinski definition) is 2. The third-order valence-corrected chi connectivity index (χ3v) is 3.64. The highest BCUT2D eigenvalue weighted by molar-refractivity contribution is 6.36. The molecular weight excluding hydrogens is 244 g/mol. The lowest BCUT2D eigenvalue weighted by Crippen LogP contribution is -2.05. The lowest BCUT2D eigenvalue weighted by molar-refractivity contribution is 1.02. The van der Waals surface area contributed by atoms with Gasteiger partial charge in [-0.3, -0.25) is 4.98 Å². The summed E-state index contributed by atoms with van der Waals surface area (Å²) in [5, 5.41) is 5.25. The van der Waals surface area contributed by atoms with Gasteiger partial charge < -0.3 is 5.32 Å². The molecule has 1 heterocycles. The number of hydrogen-bond donors (Lipinski definition) is 1. The number of nitrogens with zero attached hydrogens (tertiary/aromatic N) is 1. The minimum Gasteiger partial charge on any atom is -0.384 e. The molecule has 3 heteroatoms. The molecule has 2 rings (SSSR count). The molecule has 1 aromatic heterocycles. The van der Waals surface area contributed by atoms with E-state index in [0.29, 0.717) is 0 Å². The summed E-state index contributed by atoms with van der Waals surface area (Å²) in [5.74, 6) is 0. The van der Waals surface area contributed by atoms with Crippen LogP contribution in [0.5, 0.6) is 0 Å². The van der Waals surface area contributed by atoms with Crippen molar-refractivity contribution < 1.29 is 0 Å². The fourth-order valence-corrected chi connectivity index (χ4v) is 2.59. The number of aromatic nitrogens is 1. The van der Waals surface area contributed by atoms with E-state index in [2.05, 4.69) is 33.0 Å². The summed E-state index contributed by atoms with van der Waals surface area (Å²) < 4.78 is 0. The summed E-state index contributed by atoms with van der Waals surface area (Å²) in [5.41, 5.74) is 5.67. The summed E-state index contributed by atoms with van der Waals surface area (Å²) in [7, 11) is 0. The minimum atomic E-state index is 0.768. The molecule has 1 N–H and O–H groups in total. The molecule has 0 amide bonds. The van der Waals surface area contributed by atoms with Crippen molar-refractivity contribution >= 4 is 28.2 Å². The SMILES string of the molecule is CCNc1c(C)c(CC)nc2c(C)ccc(Cl)c12. The van der Waals surface area contributed by atoms with E-state index >= 15 is 0 Å². The van der Waals surface area contributed by atoms with Gasteiger partial charge in [-0.05, 0) is 44.4 Å². The molecule has 0 bridgehead atoms. The van der Waals surface area contributed by atoms with Gasteiger partial charge in [-0.1, -0.05) is 24.6 Å². The monoisotopic (exact) mass is 262 g/mol. The van der Waals surface area contributed by atoms with Crippen molar-refractivity contribution in [3.8, 4) is 0 Å². The van der Waals surface area contributed by atoms with Crippen molar-refractivity contribution in [1.82, 2.24) is 4.98 Å². The van der Waals surface area contributed by atoms with Gasteiger partial charge >= 0.3 is 0 Å². The van der Waals surface area contributed by atoms with E-state index in [9.17, 15) is 0 Å². The third kappa shape index (κ3) is 2.05. The molecule has 1 aromatic carbocycles. The molecule has 0 spiro atoms. The van der Waals surface area contributed by atoms with E-state index in [-0.39, 0.29) is 0 Å². The van der Waals surface area contributed by atoms with Gasteiger partial charge in [0.1, 0.15) is 0 Å². The molecule has 2 aromatic rings. The van der Waals surface area contributed by atoms with E-state index in [1.54, 1.807) is 0 Å². The molecule has 0 saturated heterocycles. The first kappa shape index (κ1) is 13.2. The van der Waals surface area contributed by atoms with Crippen LogP contribution in [-0.2, 0) is 6.42 Å². The predicted molar refractivity (Wildman–Crippen MR) is 79.8 cm³/mol. The number of fused-ring (bicyclic) bond motifs is 1. The van der Waals surface area contributed by atoms with Crippen LogP contribution in [-0.4, -0.2) is 11.5 Å². The predicted octanol–water partition coefficient (Wildman–Crippen LogP) is 4.50. The van der Waals surface area contributed by atoms with E-state index in [1.165, 1.54) is 11.1 Å². The number of nitrogens with one attached hydrogen (secondary N) is 1. The first-order chi connectivity index (χ1) is 8.60. The zero-order valence-corrected chi connectivity index (χ0v) is 12.2. The van der Waals surface area contributed by atoms with Crippen molar-refractivity contribution in [3.05, 3.63) is 34.0 Å². The van der Waals surface area contributed by atoms with Gasteiger partial charge in [0.05, 0.1) is 10.5 Å². The minimum absolute atomic E-state index is 0.768. The van der Waals surface area contributed by atoms with Crippen LogP contribution >= 0.6 is 11.6 Å². The lowest BCUT2D eigenvalue weighted by Gasteiger charge is -2.16. The van der Waals surface area contributed by atoms with E-state index in [0.717, 1.165) is 40.3 Å². The molecule has 0 aliphatic heterocycles. The molecule has 0 fully saturated rings. The first-order valence-corrected chi connectivity index (χ1v) is 6.80. The van der Waals surface area contributed by atoms with Gasteiger partial charge in [0, 0.05) is 23.3 Å². The molecule has 0 atom stereocenters. The van der Waals surface area contributed by atoms with Gasteiger partial charge in [0.25, 0.3) is 0 Å². The first-order valence-electron chi connectivity index (χ1n) is 6.42. The molecule has 0 aliphatic carbocycles. The molecule has 2 nitrogen and oxygen atoms in total. The molecular formula is C15H19ClN2. The van der Waals surface area contributed by atoms with Crippen LogP contribution in [0.4, 0.5) is 5.69 Å². The Bertz CT molecular complexity index is 591. The van der Waals surface area contributed by atoms with Crippen LogP contribution in [0.2, 0.25) is 5.02 Å². The molecule has 96 valence electrons. The van der Waals surface area contributed by atoms with Gasteiger partial charge in [-0.25, -0.2) is 0 Å². The standard InChI is InChI=1S/C15H19ClN2/c1-5-12-10(4)15(17-6-2)13-11(16)8-7-9(3)14(13)18-12/h7-8H,5-6H2,1-4H3,(H,17,18). The number of aryl methyl sites for hydroxylation is 2. The summed E-state index contributed by atoms with van der Waals surface area (Å²) >= 11 is 6.36. The highest BCUT2D eigenvalue weighted by Gasteiger charge is 2.14. The topological polar surface area (TPSA) is 24.9 Å². The molecule has 0 aliphatic rings. The average molecular weight is 263 g/mol. The van der Waals surface area contributed by atoms with E-state index < -0.39 is 0 Å². The van der Waals surface area contributed by atoms with Gasteiger partial charge in [-0.2, -0.15) is 0 Å². The van der Waals surface area contributed by atoms with E-state index in [4.69, 9.17) is 16.6 Å². The molecule has 0 radical (unpaired) electrons. The van der Waals surface area contributed by atoms with Crippen molar-refractivity contribution in [2.24, 2.45) is 0 Å². The van der Waals surface area contributed by atoms with Crippen LogP contribution in [0.3, 0.4) is 0 Å². The van der Waals surface area contributed by atoms with Gasteiger partial charge in [-0.15, -0.1) is 0 Å². The van der Waals surface area contributed by atoms with Crippen molar-refractivity contribution in [3.63, 3.8) is 0 Å². The Balaban J connectivity index is 2.90. The summed E-state index contributed by atoms with van der Waals surface area (Å²) in [6.45, 7) is 9.31. The Morgan fingerprint density at radius 2 is 1.94 bits per heavy atom. The average Bonchev–Trinajstić information content (AvgIpc) is 2.36. The second-order valence-electron chi connectivity index (χ2n) is 4.53. The molecule has 18 heavy (non-hydrogen) atoms. The number of anilines is 1. The Kier molecular flexibility index (Phi) is 3.76. The van der Waals surface area contributed by atoms with Crippen molar-refractivity contribution in [2.75, 3.05) is 11.9 Å².